The number of hydrogen-bond donors (Lipinski definition) is 0. The molecule has 0 bridgehead atoms. The average molecular weight is 326 g/mol. The van der Waals surface area contributed by atoms with Crippen LogP contribution in [0.3, 0.4) is 0 Å². The quantitative estimate of drug-likeness (QED) is 0.524. The van der Waals surface area contributed by atoms with E-state index in [1.165, 1.54) is 48.5 Å². The molecule has 24 heavy (non-hydrogen) atoms. The summed E-state index contributed by atoms with van der Waals surface area (Å²) in [6.07, 6.45) is 0. The van der Waals surface area contributed by atoms with Crippen molar-refractivity contribution in [1.29, 1.82) is 0 Å². The Morgan fingerprint density at radius 3 is 2.46 bits per heavy atom. The molecule has 0 aliphatic rings. The van der Waals surface area contributed by atoms with E-state index in [4.69, 9.17) is 8.94 Å². The first-order chi connectivity index (χ1) is 11.6. The maximum atomic E-state index is 13.3. The average Bonchev–Trinajstić information content (AvgIpc) is 3.05. The molecular weight excluding hydrogens is 318 g/mol. The zero-order chi connectivity index (χ0) is 16.7. The van der Waals surface area contributed by atoms with Crippen molar-refractivity contribution in [3.63, 3.8) is 0 Å². The Hall–Kier alpha value is -3.35. The molecule has 0 unspecified atom stereocenters. The highest BCUT2D eigenvalue weighted by Gasteiger charge is 2.16. The van der Waals surface area contributed by atoms with Crippen LogP contribution in [0.1, 0.15) is 0 Å². The summed E-state index contributed by atoms with van der Waals surface area (Å²) in [5, 5.41) is 4.16. The van der Waals surface area contributed by atoms with E-state index in [-0.39, 0.29) is 28.7 Å². The molecule has 2 aromatic heterocycles. The van der Waals surface area contributed by atoms with Gasteiger partial charge in [-0.15, -0.1) is 0 Å². The number of aromatic nitrogens is 2. The van der Waals surface area contributed by atoms with E-state index < -0.39 is 11.4 Å². The number of benzene rings is 2. The minimum absolute atomic E-state index is 0.0222. The fourth-order valence-corrected chi connectivity index (χ4v) is 2.29. The highest BCUT2D eigenvalue weighted by atomic mass is 19.1. The smallest absolute Gasteiger partial charge is 0.349 e. The van der Waals surface area contributed by atoms with Crippen molar-refractivity contribution in [1.82, 2.24) is 10.1 Å². The molecule has 0 saturated carbocycles. The summed E-state index contributed by atoms with van der Waals surface area (Å²) in [7, 11) is 0. The molecule has 2 aromatic carbocycles. The second kappa shape index (κ2) is 5.38. The molecule has 0 aliphatic carbocycles. The Bertz CT molecular complexity index is 1100. The third kappa shape index (κ3) is 2.45. The van der Waals surface area contributed by atoms with E-state index in [1.807, 2.05) is 0 Å². The van der Waals surface area contributed by atoms with Crippen molar-refractivity contribution in [3.05, 3.63) is 70.6 Å². The SMILES string of the molecule is O=c1oc2ccc(F)cc2cc1-c1nc(-c2ccc(F)cc2)no1. The fourth-order valence-electron chi connectivity index (χ4n) is 2.29. The molecule has 0 N–H and O–H groups in total. The third-order valence-corrected chi connectivity index (χ3v) is 3.45. The summed E-state index contributed by atoms with van der Waals surface area (Å²) >= 11 is 0. The van der Waals surface area contributed by atoms with E-state index in [9.17, 15) is 13.6 Å². The van der Waals surface area contributed by atoms with Gasteiger partial charge in [-0.05, 0) is 48.5 Å². The van der Waals surface area contributed by atoms with Gasteiger partial charge in [0.05, 0.1) is 0 Å². The number of halogens is 2. The van der Waals surface area contributed by atoms with Gasteiger partial charge in [0.1, 0.15) is 22.8 Å². The zero-order valence-electron chi connectivity index (χ0n) is 12.0. The molecule has 5 nitrogen and oxygen atoms in total. The zero-order valence-corrected chi connectivity index (χ0v) is 12.0. The molecule has 4 rings (SSSR count). The minimum Gasteiger partial charge on any atom is -0.422 e. The summed E-state index contributed by atoms with van der Waals surface area (Å²) in [6.45, 7) is 0. The molecule has 0 saturated heterocycles. The predicted molar refractivity (Wildman–Crippen MR) is 81.1 cm³/mol. The highest BCUT2D eigenvalue weighted by Crippen LogP contribution is 2.23. The molecule has 0 fully saturated rings. The van der Waals surface area contributed by atoms with Crippen LogP contribution in [0.4, 0.5) is 8.78 Å². The maximum absolute atomic E-state index is 13.3. The summed E-state index contributed by atoms with van der Waals surface area (Å²) in [5.41, 5.74) is 0.128. The van der Waals surface area contributed by atoms with Crippen LogP contribution >= 0.6 is 0 Å². The van der Waals surface area contributed by atoms with E-state index in [0.717, 1.165) is 0 Å². The molecule has 0 radical (unpaired) electrons. The number of hydrogen-bond acceptors (Lipinski definition) is 5. The van der Waals surface area contributed by atoms with E-state index in [1.54, 1.807) is 0 Å². The van der Waals surface area contributed by atoms with Gasteiger partial charge >= 0.3 is 5.63 Å². The van der Waals surface area contributed by atoms with Gasteiger partial charge in [0.15, 0.2) is 0 Å². The molecule has 4 aromatic rings. The molecule has 0 spiro atoms. The predicted octanol–water partition coefficient (Wildman–Crippen LogP) is 3.79. The molecule has 118 valence electrons. The summed E-state index contributed by atoms with van der Waals surface area (Å²) in [5.74, 6) is -0.711. The van der Waals surface area contributed by atoms with Crippen molar-refractivity contribution in [2.45, 2.75) is 0 Å². The largest absolute Gasteiger partial charge is 0.422 e. The number of rotatable bonds is 2. The molecule has 0 aliphatic heterocycles. The Balaban J connectivity index is 1.81. The van der Waals surface area contributed by atoms with Crippen molar-refractivity contribution in [2.24, 2.45) is 0 Å². The van der Waals surface area contributed by atoms with Crippen LogP contribution in [-0.2, 0) is 0 Å². The molecule has 2 heterocycles. The van der Waals surface area contributed by atoms with Crippen LogP contribution in [0.5, 0.6) is 0 Å². The second-order valence-electron chi connectivity index (χ2n) is 5.06. The van der Waals surface area contributed by atoms with Gasteiger partial charge in [-0.2, -0.15) is 4.98 Å². The first-order valence-electron chi connectivity index (χ1n) is 6.93. The lowest BCUT2D eigenvalue weighted by molar-refractivity contribution is 0.429. The van der Waals surface area contributed by atoms with Crippen LogP contribution in [-0.4, -0.2) is 10.1 Å². The lowest BCUT2D eigenvalue weighted by atomic mass is 10.2. The van der Waals surface area contributed by atoms with Crippen molar-refractivity contribution < 1.29 is 17.7 Å². The highest BCUT2D eigenvalue weighted by molar-refractivity contribution is 5.80. The van der Waals surface area contributed by atoms with Gasteiger partial charge < -0.3 is 8.94 Å². The monoisotopic (exact) mass is 326 g/mol. The fraction of sp³-hybridized carbons (Fsp3) is 0. The van der Waals surface area contributed by atoms with Crippen LogP contribution in [0.15, 0.2) is 62.3 Å². The van der Waals surface area contributed by atoms with Gasteiger partial charge in [0, 0.05) is 10.9 Å². The van der Waals surface area contributed by atoms with Crippen LogP contribution < -0.4 is 5.63 Å². The second-order valence-corrected chi connectivity index (χ2v) is 5.06. The topological polar surface area (TPSA) is 69.1 Å². The normalized spacial score (nSPS) is 11.1. The van der Waals surface area contributed by atoms with Gasteiger partial charge in [0.25, 0.3) is 5.89 Å². The van der Waals surface area contributed by atoms with Crippen molar-refractivity contribution in [3.8, 4) is 22.8 Å². The van der Waals surface area contributed by atoms with Gasteiger partial charge in [0.2, 0.25) is 5.82 Å². The van der Waals surface area contributed by atoms with Gasteiger partial charge in [-0.3, -0.25) is 0 Å². The Morgan fingerprint density at radius 2 is 1.67 bits per heavy atom. The van der Waals surface area contributed by atoms with E-state index in [2.05, 4.69) is 10.1 Å². The number of fused-ring (bicyclic) bond motifs is 1. The Morgan fingerprint density at radius 1 is 0.917 bits per heavy atom. The molecule has 0 amide bonds. The minimum atomic E-state index is -0.677. The van der Waals surface area contributed by atoms with Crippen LogP contribution in [0.25, 0.3) is 33.8 Å². The summed E-state index contributed by atoms with van der Waals surface area (Å²) in [4.78, 5) is 16.2. The van der Waals surface area contributed by atoms with Crippen molar-refractivity contribution in [2.75, 3.05) is 0 Å². The molecule has 7 heteroatoms. The third-order valence-electron chi connectivity index (χ3n) is 3.45. The number of nitrogens with zero attached hydrogens (tertiary/aromatic N) is 2. The van der Waals surface area contributed by atoms with E-state index >= 15 is 0 Å². The molecular formula is C17H8F2N2O3. The maximum Gasteiger partial charge on any atom is 0.349 e. The molecule has 0 atom stereocenters. The van der Waals surface area contributed by atoms with Crippen LogP contribution in [0.2, 0.25) is 0 Å². The lowest BCUT2D eigenvalue weighted by Gasteiger charge is -1.98. The van der Waals surface area contributed by atoms with E-state index in [0.29, 0.717) is 10.9 Å². The Kier molecular flexibility index (Phi) is 3.19. The Labute approximate surface area is 133 Å². The van der Waals surface area contributed by atoms with Crippen LogP contribution in [0, 0.1) is 11.6 Å². The summed E-state index contributed by atoms with van der Waals surface area (Å²) in [6, 6.07) is 10.7. The first kappa shape index (κ1) is 14.3. The van der Waals surface area contributed by atoms with Gasteiger partial charge in [-0.25, -0.2) is 13.6 Å². The lowest BCUT2D eigenvalue weighted by Crippen LogP contribution is -2.03. The first-order valence-corrected chi connectivity index (χ1v) is 6.93. The standard InChI is InChI=1S/C17H8F2N2O3/c18-11-3-1-9(2-4-11)15-20-16(24-21-15)13-8-10-7-12(19)5-6-14(10)23-17(13)22/h1-8H. The summed E-state index contributed by atoms with van der Waals surface area (Å²) < 4.78 is 36.5. The van der Waals surface area contributed by atoms with Gasteiger partial charge in [-0.1, -0.05) is 5.16 Å². The van der Waals surface area contributed by atoms with Crippen molar-refractivity contribution >= 4 is 11.0 Å².